The highest BCUT2D eigenvalue weighted by Crippen LogP contribution is 1.96. The minimum atomic E-state index is -0.484. The molecular formula is C10H18O6. The van der Waals surface area contributed by atoms with Gasteiger partial charge in [0.1, 0.15) is 0 Å². The Kier molecular flexibility index (Phi) is 9.64. The molecule has 0 aliphatic heterocycles. The first-order valence-electron chi connectivity index (χ1n) is 5.17. The quantitative estimate of drug-likeness (QED) is 0.334. The summed E-state index contributed by atoms with van der Waals surface area (Å²) >= 11 is 0. The van der Waals surface area contributed by atoms with Crippen LogP contribution in [-0.2, 0) is 28.5 Å². The topological polar surface area (TPSA) is 71.1 Å². The zero-order chi connectivity index (χ0) is 12.2. The van der Waals surface area contributed by atoms with E-state index in [-0.39, 0.29) is 26.4 Å². The number of hydrogen-bond donors (Lipinski definition) is 0. The van der Waals surface area contributed by atoms with Crippen molar-refractivity contribution in [3.63, 3.8) is 0 Å². The van der Waals surface area contributed by atoms with Crippen molar-refractivity contribution in [3.05, 3.63) is 0 Å². The normalized spacial score (nSPS) is 9.88. The molecule has 0 saturated heterocycles. The van der Waals surface area contributed by atoms with Crippen LogP contribution >= 0.6 is 0 Å². The van der Waals surface area contributed by atoms with Gasteiger partial charge in [-0.2, -0.15) is 0 Å². The van der Waals surface area contributed by atoms with E-state index in [4.69, 9.17) is 9.47 Å². The van der Waals surface area contributed by atoms with Crippen molar-refractivity contribution in [2.45, 2.75) is 26.7 Å². The van der Waals surface area contributed by atoms with E-state index in [1.54, 1.807) is 13.8 Å². The lowest BCUT2D eigenvalue weighted by Gasteiger charge is -2.05. The van der Waals surface area contributed by atoms with Crippen molar-refractivity contribution in [2.24, 2.45) is 0 Å². The van der Waals surface area contributed by atoms with Gasteiger partial charge in [-0.25, -0.2) is 0 Å². The summed E-state index contributed by atoms with van der Waals surface area (Å²) in [7, 11) is 0. The number of carbonyl (C=O) groups excluding carboxylic acids is 2. The first kappa shape index (κ1) is 14.9. The molecule has 0 radical (unpaired) electrons. The molecule has 94 valence electrons. The van der Waals surface area contributed by atoms with E-state index < -0.39 is 11.9 Å². The SMILES string of the molecule is CCOCOC(=O)CCC(=O)OCOCC. The van der Waals surface area contributed by atoms with Gasteiger partial charge in [-0.05, 0) is 13.8 Å². The second-order valence-electron chi connectivity index (χ2n) is 2.75. The van der Waals surface area contributed by atoms with Crippen molar-refractivity contribution in [2.75, 3.05) is 26.8 Å². The maximum atomic E-state index is 11.0. The second-order valence-corrected chi connectivity index (χ2v) is 2.75. The van der Waals surface area contributed by atoms with Crippen LogP contribution in [0.3, 0.4) is 0 Å². The van der Waals surface area contributed by atoms with Gasteiger partial charge in [-0.15, -0.1) is 0 Å². The zero-order valence-electron chi connectivity index (χ0n) is 9.69. The van der Waals surface area contributed by atoms with Crippen molar-refractivity contribution in [1.82, 2.24) is 0 Å². The highest BCUT2D eigenvalue weighted by atomic mass is 16.7. The molecule has 0 spiro atoms. The summed E-state index contributed by atoms with van der Waals surface area (Å²) < 4.78 is 18.9. The average molecular weight is 234 g/mol. The number of rotatable bonds is 9. The van der Waals surface area contributed by atoms with Crippen LogP contribution in [0, 0.1) is 0 Å². The lowest BCUT2D eigenvalue weighted by Crippen LogP contribution is -2.13. The molecular weight excluding hydrogens is 216 g/mol. The molecule has 0 rings (SSSR count). The van der Waals surface area contributed by atoms with E-state index >= 15 is 0 Å². The maximum absolute atomic E-state index is 11.0. The Bertz CT molecular complexity index is 181. The molecule has 6 nitrogen and oxygen atoms in total. The monoisotopic (exact) mass is 234 g/mol. The predicted octanol–water partition coefficient (Wildman–Crippen LogP) is 0.841. The fourth-order valence-corrected chi connectivity index (χ4v) is 0.730. The molecule has 0 unspecified atom stereocenters. The van der Waals surface area contributed by atoms with Gasteiger partial charge in [0, 0.05) is 13.2 Å². The van der Waals surface area contributed by atoms with Crippen molar-refractivity contribution in [3.8, 4) is 0 Å². The van der Waals surface area contributed by atoms with Crippen LogP contribution in [-0.4, -0.2) is 38.7 Å². The fourth-order valence-electron chi connectivity index (χ4n) is 0.730. The van der Waals surface area contributed by atoms with Gasteiger partial charge in [0.15, 0.2) is 13.6 Å². The molecule has 0 aromatic heterocycles. The largest absolute Gasteiger partial charge is 0.438 e. The summed E-state index contributed by atoms with van der Waals surface area (Å²) in [6.45, 7) is 4.37. The van der Waals surface area contributed by atoms with Gasteiger partial charge in [0.05, 0.1) is 12.8 Å². The lowest BCUT2D eigenvalue weighted by molar-refractivity contribution is -0.162. The highest BCUT2D eigenvalue weighted by Gasteiger charge is 2.08. The molecule has 0 aromatic rings. The molecule has 0 bridgehead atoms. The van der Waals surface area contributed by atoms with Crippen LogP contribution in [0.15, 0.2) is 0 Å². The minimum absolute atomic E-state index is 0.0158. The van der Waals surface area contributed by atoms with Crippen LogP contribution in [0.1, 0.15) is 26.7 Å². The Morgan fingerprint density at radius 3 is 1.50 bits per heavy atom. The Hall–Kier alpha value is -1.14. The summed E-state index contributed by atoms with van der Waals surface area (Å²) in [4.78, 5) is 22.0. The summed E-state index contributed by atoms with van der Waals surface area (Å²) in [6.07, 6.45) is -0.0317. The Balaban J connectivity index is 3.40. The summed E-state index contributed by atoms with van der Waals surface area (Å²) in [6, 6.07) is 0. The van der Waals surface area contributed by atoms with E-state index in [0.717, 1.165) is 0 Å². The molecule has 0 N–H and O–H groups in total. The van der Waals surface area contributed by atoms with Gasteiger partial charge in [-0.3, -0.25) is 9.59 Å². The van der Waals surface area contributed by atoms with Crippen molar-refractivity contribution >= 4 is 11.9 Å². The Morgan fingerprint density at radius 1 is 0.812 bits per heavy atom. The molecule has 16 heavy (non-hydrogen) atoms. The van der Waals surface area contributed by atoms with Crippen LogP contribution in [0.2, 0.25) is 0 Å². The first-order chi connectivity index (χ1) is 7.70. The number of carbonyl (C=O) groups is 2. The summed E-state index contributed by atoms with van der Waals surface area (Å²) in [5.74, 6) is -0.969. The Morgan fingerprint density at radius 2 is 1.19 bits per heavy atom. The van der Waals surface area contributed by atoms with E-state index in [1.165, 1.54) is 0 Å². The third-order valence-electron chi connectivity index (χ3n) is 1.55. The third kappa shape index (κ3) is 9.42. The van der Waals surface area contributed by atoms with E-state index in [2.05, 4.69) is 9.47 Å². The molecule has 0 atom stereocenters. The van der Waals surface area contributed by atoms with E-state index in [1.807, 2.05) is 0 Å². The summed E-state index contributed by atoms with van der Waals surface area (Å²) in [5.41, 5.74) is 0. The van der Waals surface area contributed by atoms with E-state index in [9.17, 15) is 9.59 Å². The maximum Gasteiger partial charge on any atom is 0.308 e. The standard InChI is InChI=1S/C10H18O6/c1-3-13-7-15-9(11)5-6-10(12)16-8-14-4-2/h3-8H2,1-2H3. The molecule has 0 amide bonds. The fraction of sp³-hybridized carbons (Fsp3) is 0.800. The summed E-state index contributed by atoms with van der Waals surface area (Å²) in [5, 5.41) is 0. The number of esters is 2. The predicted molar refractivity (Wildman–Crippen MR) is 54.4 cm³/mol. The first-order valence-corrected chi connectivity index (χ1v) is 5.17. The molecule has 6 heteroatoms. The smallest absolute Gasteiger partial charge is 0.308 e. The van der Waals surface area contributed by atoms with Crippen molar-refractivity contribution in [1.29, 1.82) is 0 Å². The van der Waals surface area contributed by atoms with Gasteiger partial charge < -0.3 is 18.9 Å². The third-order valence-corrected chi connectivity index (χ3v) is 1.55. The van der Waals surface area contributed by atoms with Gasteiger partial charge in [-0.1, -0.05) is 0 Å². The van der Waals surface area contributed by atoms with E-state index in [0.29, 0.717) is 13.2 Å². The van der Waals surface area contributed by atoms with Crippen LogP contribution in [0.5, 0.6) is 0 Å². The van der Waals surface area contributed by atoms with Crippen molar-refractivity contribution < 1.29 is 28.5 Å². The minimum Gasteiger partial charge on any atom is -0.438 e. The average Bonchev–Trinajstić information content (AvgIpc) is 2.27. The molecule has 0 aliphatic carbocycles. The van der Waals surface area contributed by atoms with Crippen LogP contribution < -0.4 is 0 Å². The molecule has 0 aliphatic rings. The number of hydrogen-bond acceptors (Lipinski definition) is 6. The van der Waals surface area contributed by atoms with Crippen LogP contribution in [0.25, 0.3) is 0 Å². The second kappa shape index (κ2) is 10.4. The van der Waals surface area contributed by atoms with Gasteiger partial charge in [0.2, 0.25) is 0 Å². The van der Waals surface area contributed by atoms with Crippen LogP contribution in [0.4, 0.5) is 0 Å². The zero-order valence-corrected chi connectivity index (χ0v) is 9.69. The molecule has 0 saturated carbocycles. The lowest BCUT2D eigenvalue weighted by atomic mass is 10.3. The highest BCUT2D eigenvalue weighted by molar-refractivity contribution is 5.77. The molecule has 0 aromatic carbocycles. The number of ether oxygens (including phenoxy) is 4. The van der Waals surface area contributed by atoms with Gasteiger partial charge >= 0.3 is 11.9 Å². The molecule has 0 heterocycles. The van der Waals surface area contributed by atoms with Gasteiger partial charge in [0.25, 0.3) is 0 Å². The molecule has 0 fully saturated rings. The Labute approximate surface area is 94.8 Å².